The predicted octanol–water partition coefficient (Wildman–Crippen LogP) is 4.14. The molecule has 1 aliphatic heterocycles. The third-order valence-electron chi connectivity index (χ3n) is 3.19. The highest BCUT2D eigenvalue weighted by Gasteiger charge is 2.37. The van der Waals surface area contributed by atoms with Crippen LogP contribution in [-0.4, -0.2) is 12.9 Å². The fourth-order valence-corrected chi connectivity index (χ4v) is 2.32. The predicted molar refractivity (Wildman–Crippen MR) is 63.8 cm³/mol. The molecular weight excluding hydrogens is 243 g/mol. The zero-order chi connectivity index (χ0) is 13.6. The summed E-state index contributed by atoms with van der Waals surface area (Å²) < 4.78 is 40.9. The SMILES string of the molecule is CC(C)(C)C1CNc2c(OC(F)(F)F)cccc21. The topological polar surface area (TPSA) is 21.3 Å². The zero-order valence-corrected chi connectivity index (χ0v) is 10.6. The second-order valence-electron chi connectivity index (χ2n) is 5.57. The quantitative estimate of drug-likeness (QED) is 0.818. The fraction of sp³-hybridized carbons (Fsp3) is 0.538. The van der Waals surface area contributed by atoms with E-state index in [0.29, 0.717) is 12.2 Å². The molecule has 0 saturated heterocycles. The van der Waals surface area contributed by atoms with Crippen LogP contribution in [0, 0.1) is 5.41 Å². The van der Waals surface area contributed by atoms with Crippen molar-refractivity contribution in [2.75, 3.05) is 11.9 Å². The number of benzene rings is 1. The van der Waals surface area contributed by atoms with Crippen LogP contribution in [0.3, 0.4) is 0 Å². The van der Waals surface area contributed by atoms with Gasteiger partial charge in [-0.3, -0.25) is 0 Å². The highest BCUT2D eigenvalue weighted by Crippen LogP contribution is 2.47. The number of para-hydroxylation sites is 1. The van der Waals surface area contributed by atoms with Gasteiger partial charge in [0.1, 0.15) is 0 Å². The highest BCUT2D eigenvalue weighted by molar-refractivity contribution is 5.67. The molecule has 1 aromatic carbocycles. The lowest BCUT2D eigenvalue weighted by Crippen LogP contribution is -2.19. The molecular formula is C13H16F3NO. The number of ether oxygens (including phenoxy) is 1. The Hall–Kier alpha value is -1.39. The number of hydrogen-bond donors (Lipinski definition) is 1. The number of anilines is 1. The summed E-state index contributed by atoms with van der Waals surface area (Å²) in [4.78, 5) is 0. The molecule has 0 bridgehead atoms. The molecule has 1 heterocycles. The first-order valence-corrected chi connectivity index (χ1v) is 5.81. The Morgan fingerprint density at radius 2 is 1.89 bits per heavy atom. The van der Waals surface area contributed by atoms with Gasteiger partial charge in [-0.15, -0.1) is 13.2 Å². The van der Waals surface area contributed by atoms with Crippen molar-refractivity contribution < 1.29 is 17.9 Å². The van der Waals surface area contributed by atoms with Gasteiger partial charge in [0.2, 0.25) is 0 Å². The van der Waals surface area contributed by atoms with Crippen molar-refractivity contribution in [2.24, 2.45) is 5.41 Å². The van der Waals surface area contributed by atoms with Crippen LogP contribution in [0.5, 0.6) is 5.75 Å². The molecule has 0 spiro atoms. The van der Waals surface area contributed by atoms with Crippen molar-refractivity contribution in [3.05, 3.63) is 23.8 Å². The molecule has 0 radical (unpaired) electrons. The Bertz CT molecular complexity index is 449. The Kier molecular flexibility index (Phi) is 2.95. The smallest absolute Gasteiger partial charge is 0.404 e. The standard InChI is InChI=1S/C13H16F3NO/c1-12(2,3)9-7-17-11-8(9)5-4-6-10(11)18-13(14,15)16/h4-6,9,17H,7H2,1-3H3. The first-order valence-electron chi connectivity index (χ1n) is 5.81. The second kappa shape index (κ2) is 4.07. The van der Waals surface area contributed by atoms with Gasteiger partial charge in [-0.05, 0) is 17.0 Å². The summed E-state index contributed by atoms with van der Waals surface area (Å²) in [6.07, 6.45) is -4.66. The fourth-order valence-electron chi connectivity index (χ4n) is 2.32. The molecule has 1 aromatic rings. The lowest BCUT2D eigenvalue weighted by molar-refractivity contribution is -0.274. The number of nitrogens with one attached hydrogen (secondary N) is 1. The first kappa shape index (κ1) is 13.1. The van der Waals surface area contributed by atoms with Gasteiger partial charge in [0.15, 0.2) is 5.75 Å². The van der Waals surface area contributed by atoms with Gasteiger partial charge >= 0.3 is 6.36 Å². The van der Waals surface area contributed by atoms with E-state index >= 15 is 0 Å². The van der Waals surface area contributed by atoms with E-state index in [1.165, 1.54) is 6.07 Å². The minimum Gasteiger partial charge on any atom is -0.404 e. The van der Waals surface area contributed by atoms with E-state index in [1.807, 2.05) is 6.07 Å². The van der Waals surface area contributed by atoms with E-state index in [2.05, 4.69) is 30.8 Å². The molecule has 2 rings (SSSR count). The van der Waals surface area contributed by atoms with Crippen LogP contribution < -0.4 is 10.1 Å². The monoisotopic (exact) mass is 259 g/mol. The van der Waals surface area contributed by atoms with Crippen molar-refractivity contribution in [2.45, 2.75) is 33.1 Å². The van der Waals surface area contributed by atoms with Gasteiger partial charge in [0.05, 0.1) is 5.69 Å². The van der Waals surface area contributed by atoms with Crippen LogP contribution in [0.1, 0.15) is 32.3 Å². The van der Waals surface area contributed by atoms with Crippen molar-refractivity contribution in [3.8, 4) is 5.75 Å². The van der Waals surface area contributed by atoms with E-state index in [1.54, 1.807) is 6.07 Å². The van der Waals surface area contributed by atoms with E-state index in [0.717, 1.165) is 5.56 Å². The number of alkyl halides is 3. The molecule has 0 saturated carbocycles. The Balaban J connectivity index is 2.37. The molecule has 0 fully saturated rings. The summed E-state index contributed by atoms with van der Waals surface area (Å²) in [7, 11) is 0. The summed E-state index contributed by atoms with van der Waals surface area (Å²) in [5.41, 5.74) is 1.36. The van der Waals surface area contributed by atoms with Gasteiger partial charge in [-0.1, -0.05) is 32.9 Å². The van der Waals surface area contributed by atoms with Crippen LogP contribution >= 0.6 is 0 Å². The van der Waals surface area contributed by atoms with Crippen LogP contribution in [0.25, 0.3) is 0 Å². The molecule has 100 valence electrons. The normalized spacial score (nSPS) is 19.3. The molecule has 1 N–H and O–H groups in total. The second-order valence-corrected chi connectivity index (χ2v) is 5.57. The number of fused-ring (bicyclic) bond motifs is 1. The summed E-state index contributed by atoms with van der Waals surface area (Å²) >= 11 is 0. The molecule has 1 unspecified atom stereocenters. The molecule has 0 amide bonds. The average Bonchev–Trinajstić information content (AvgIpc) is 2.58. The summed E-state index contributed by atoms with van der Waals surface area (Å²) in [6, 6.07) is 4.80. The van der Waals surface area contributed by atoms with Gasteiger partial charge < -0.3 is 10.1 Å². The van der Waals surface area contributed by atoms with Crippen molar-refractivity contribution in [1.82, 2.24) is 0 Å². The maximum Gasteiger partial charge on any atom is 0.573 e. The molecule has 18 heavy (non-hydrogen) atoms. The minimum atomic E-state index is -4.66. The Labute approximate surface area is 104 Å². The van der Waals surface area contributed by atoms with Gasteiger partial charge in [-0.25, -0.2) is 0 Å². The molecule has 1 aliphatic rings. The molecule has 1 atom stereocenters. The third-order valence-corrected chi connectivity index (χ3v) is 3.19. The largest absolute Gasteiger partial charge is 0.573 e. The number of halogens is 3. The maximum absolute atomic E-state index is 12.3. The molecule has 0 aliphatic carbocycles. The van der Waals surface area contributed by atoms with E-state index < -0.39 is 6.36 Å². The van der Waals surface area contributed by atoms with Crippen LogP contribution in [0.2, 0.25) is 0 Å². The molecule has 0 aromatic heterocycles. The zero-order valence-electron chi connectivity index (χ0n) is 10.6. The Morgan fingerprint density at radius 3 is 2.44 bits per heavy atom. The van der Waals surface area contributed by atoms with Crippen LogP contribution in [-0.2, 0) is 0 Å². The van der Waals surface area contributed by atoms with Crippen molar-refractivity contribution in [3.63, 3.8) is 0 Å². The van der Waals surface area contributed by atoms with Gasteiger partial charge in [0, 0.05) is 12.5 Å². The van der Waals surface area contributed by atoms with Crippen molar-refractivity contribution in [1.29, 1.82) is 0 Å². The lowest BCUT2D eigenvalue weighted by atomic mass is 9.78. The Morgan fingerprint density at radius 1 is 1.22 bits per heavy atom. The van der Waals surface area contributed by atoms with Gasteiger partial charge in [0.25, 0.3) is 0 Å². The summed E-state index contributed by atoms with van der Waals surface area (Å²) in [5.74, 6) is 0.0380. The van der Waals surface area contributed by atoms with E-state index in [-0.39, 0.29) is 17.1 Å². The van der Waals surface area contributed by atoms with Crippen LogP contribution in [0.4, 0.5) is 18.9 Å². The third kappa shape index (κ3) is 2.54. The first-order chi connectivity index (χ1) is 8.18. The van der Waals surface area contributed by atoms with Gasteiger partial charge in [-0.2, -0.15) is 0 Å². The number of rotatable bonds is 1. The molecule has 5 heteroatoms. The highest BCUT2D eigenvalue weighted by atomic mass is 19.4. The van der Waals surface area contributed by atoms with Crippen molar-refractivity contribution >= 4 is 5.69 Å². The minimum absolute atomic E-state index is 0.00486. The number of hydrogen-bond acceptors (Lipinski definition) is 2. The van der Waals surface area contributed by atoms with Crippen LogP contribution in [0.15, 0.2) is 18.2 Å². The summed E-state index contributed by atoms with van der Waals surface area (Å²) in [6.45, 7) is 6.86. The maximum atomic E-state index is 12.3. The lowest BCUT2D eigenvalue weighted by Gasteiger charge is -2.26. The van der Waals surface area contributed by atoms with E-state index in [4.69, 9.17) is 0 Å². The van der Waals surface area contributed by atoms with E-state index in [9.17, 15) is 13.2 Å². The molecule has 2 nitrogen and oxygen atoms in total. The average molecular weight is 259 g/mol. The summed E-state index contributed by atoms with van der Waals surface area (Å²) in [5, 5.41) is 3.02.